The van der Waals surface area contributed by atoms with E-state index >= 15 is 0 Å². The summed E-state index contributed by atoms with van der Waals surface area (Å²) >= 11 is 0. The number of allylic oxidation sites excluding steroid dienone is 1. The van der Waals surface area contributed by atoms with Gasteiger partial charge in [-0.05, 0) is 108 Å². The van der Waals surface area contributed by atoms with E-state index in [1.165, 1.54) is 5.57 Å². The summed E-state index contributed by atoms with van der Waals surface area (Å²) in [6.07, 6.45) is 9.84. The van der Waals surface area contributed by atoms with Gasteiger partial charge in [-0.3, -0.25) is 9.59 Å². The SMILES string of the molecule is CCC(C)(C)C(=O)O[C@H]1C[C@H]2C(=C3CC[C@H](CC[C@@H]4C[C@@H](O)CC(=O)O4)[C@]31C)CC[C@@H]1C[C@H](O)CC[C@@]12C. The Morgan fingerprint density at radius 3 is 2.53 bits per heavy atom. The van der Waals surface area contributed by atoms with Crippen molar-refractivity contribution in [1.82, 2.24) is 0 Å². The van der Waals surface area contributed by atoms with Gasteiger partial charge in [-0.25, -0.2) is 0 Å². The standard InChI is InChI=1S/C32H50O6/c1-6-30(2,3)29(36)38-27-18-26-24(11-8-20-15-21(33)13-14-31(20,26)4)25-12-9-19(32(25,27)5)7-10-23-16-22(34)17-28(35)37-23/h19-23,26-27,33-34H,6-18H2,1-5H3/t19-,20+,21+,22+,23+,26-,27-,31-,32+/m0/s1. The molecule has 0 aromatic rings. The van der Waals surface area contributed by atoms with Crippen LogP contribution in [0.5, 0.6) is 0 Å². The van der Waals surface area contributed by atoms with Crippen LogP contribution in [0.15, 0.2) is 11.1 Å². The maximum Gasteiger partial charge on any atom is 0.311 e. The summed E-state index contributed by atoms with van der Waals surface area (Å²) in [4.78, 5) is 25.4. The van der Waals surface area contributed by atoms with Crippen molar-refractivity contribution >= 4 is 11.9 Å². The van der Waals surface area contributed by atoms with Crippen molar-refractivity contribution in [3.63, 3.8) is 0 Å². The molecule has 0 amide bonds. The summed E-state index contributed by atoms with van der Waals surface area (Å²) in [7, 11) is 0. The molecule has 5 aliphatic rings. The van der Waals surface area contributed by atoms with Crippen LogP contribution in [0.2, 0.25) is 0 Å². The Morgan fingerprint density at radius 1 is 1.05 bits per heavy atom. The molecule has 4 aliphatic carbocycles. The van der Waals surface area contributed by atoms with Gasteiger partial charge in [-0.1, -0.05) is 31.9 Å². The smallest absolute Gasteiger partial charge is 0.311 e. The van der Waals surface area contributed by atoms with Crippen molar-refractivity contribution in [2.24, 2.45) is 34.0 Å². The summed E-state index contributed by atoms with van der Waals surface area (Å²) in [6.45, 7) is 10.8. The van der Waals surface area contributed by atoms with Crippen molar-refractivity contribution in [3.05, 3.63) is 11.1 Å². The third-order valence-corrected chi connectivity index (χ3v) is 12.0. The lowest BCUT2D eigenvalue weighted by Gasteiger charge is -2.58. The van der Waals surface area contributed by atoms with Crippen LogP contribution in [0.1, 0.15) is 118 Å². The maximum atomic E-state index is 13.5. The summed E-state index contributed by atoms with van der Waals surface area (Å²) in [5.41, 5.74) is 2.59. The number of fused-ring (bicyclic) bond motifs is 4. The Morgan fingerprint density at radius 2 is 1.82 bits per heavy atom. The minimum atomic E-state index is -0.608. The predicted octanol–water partition coefficient (Wildman–Crippen LogP) is 5.88. The Balaban J connectivity index is 1.45. The highest BCUT2D eigenvalue weighted by Gasteiger charge is 2.60. The molecule has 2 N–H and O–H groups in total. The zero-order valence-electron chi connectivity index (χ0n) is 24.3. The molecule has 3 saturated carbocycles. The number of carbonyl (C=O) groups excluding carboxylic acids is 2. The quantitative estimate of drug-likeness (QED) is 0.329. The van der Waals surface area contributed by atoms with Gasteiger partial charge < -0.3 is 19.7 Å². The maximum absolute atomic E-state index is 13.5. The van der Waals surface area contributed by atoms with Gasteiger partial charge in [0.15, 0.2) is 0 Å². The van der Waals surface area contributed by atoms with Crippen LogP contribution in [-0.2, 0) is 19.1 Å². The molecule has 38 heavy (non-hydrogen) atoms. The summed E-state index contributed by atoms with van der Waals surface area (Å²) in [6, 6.07) is 0. The lowest BCUT2D eigenvalue weighted by molar-refractivity contribution is -0.172. The summed E-state index contributed by atoms with van der Waals surface area (Å²) in [5, 5.41) is 20.5. The van der Waals surface area contributed by atoms with E-state index < -0.39 is 11.5 Å². The largest absolute Gasteiger partial charge is 0.462 e. The predicted molar refractivity (Wildman–Crippen MR) is 145 cm³/mol. The molecular formula is C32H50O6. The lowest BCUT2D eigenvalue weighted by Crippen LogP contribution is -2.53. The van der Waals surface area contributed by atoms with Crippen molar-refractivity contribution in [3.8, 4) is 0 Å². The molecule has 0 aromatic carbocycles. The summed E-state index contributed by atoms with van der Waals surface area (Å²) in [5.74, 6) is 0.891. The second-order valence-corrected chi connectivity index (χ2v) is 14.4. The molecule has 5 rings (SSSR count). The van der Waals surface area contributed by atoms with Crippen molar-refractivity contribution in [1.29, 1.82) is 0 Å². The molecule has 0 aromatic heterocycles. The average Bonchev–Trinajstić information content (AvgIpc) is 3.20. The van der Waals surface area contributed by atoms with Gasteiger partial charge in [0.1, 0.15) is 12.2 Å². The van der Waals surface area contributed by atoms with Gasteiger partial charge in [0.05, 0.1) is 24.0 Å². The second kappa shape index (κ2) is 10.2. The van der Waals surface area contributed by atoms with Crippen molar-refractivity contribution in [2.45, 2.75) is 143 Å². The Labute approximate surface area is 228 Å². The van der Waals surface area contributed by atoms with Crippen LogP contribution in [0.3, 0.4) is 0 Å². The summed E-state index contributed by atoms with van der Waals surface area (Å²) < 4.78 is 12.2. The Bertz CT molecular complexity index is 969. The zero-order chi connectivity index (χ0) is 27.5. The number of cyclic esters (lactones) is 1. The van der Waals surface area contributed by atoms with Crippen LogP contribution in [0.4, 0.5) is 0 Å². The molecule has 6 heteroatoms. The zero-order valence-corrected chi connectivity index (χ0v) is 24.3. The minimum absolute atomic E-state index is 0.0946. The molecule has 1 aliphatic heterocycles. The van der Waals surface area contributed by atoms with Gasteiger partial charge in [0.25, 0.3) is 0 Å². The number of aliphatic hydroxyl groups excluding tert-OH is 2. The number of hydrogen-bond donors (Lipinski definition) is 2. The number of ether oxygens (including phenoxy) is 2. The van der Waals surface area contributed by atoms with Gasteiger partial charge >= 0.3 is 11.9 Å². The highest BCUT2D eigenvalue weighted by molar-refractivity contribution is 5.76. The Hall–Kier alpha value is -1.40. The molecular weight excluding hydrogens is 480 g/mol. The molecule has 0 radical (unpaired) electrons. The third kappa shape index (κ3) is 4.76. The number of rotatable bonds is 6. The van der Waals surface area contributed by atoms with Gasteiger partial charge in [-0.15, -0.1) is 0 Å². The van der Waals surface area contributed by atoms with E-state index in [0.717, 1.165) is 70.6 Å². The number of carbonyl (C=O) groups is 2. The highest BCUT2D eigenvalue weighted by Crippen LogP contribution is 2.66. The Kier molecular flexibility index (Phi) is 7.56. The molecule has 1 heterocycles. The van der Waals surface area contributed by atoms with Gasteiger partial charge in [0.2, 0.25) is 0 Å². The molecule has 0 unspecified atom stereocenters. The van der Waals surface area contributed by atoms with E-state index in [9.17, 15) is 19.8 Å². The first kappa shape index (κ1) is 28.1. The van der Waals surface area contributed by atoms with Crippen LogP contribution >= 0.6 is 0 Å². The molecule has 214 valence electrons. The van der Waals surface area contributed by atoms with Crippen molar-refractivity contribution < 1.29 is 29.3 Å². The number of hydrogen-bond acceptors (Lipinski definition) is 6. The fourth-order valence-electron chi connectivity index (χ4n) is 9.01. The number of aliphatic hydroxyl groups is 2. The van der Waals surface area contributed by atoms with E-state index in [1.54, 1.807) is 5.57 Å². The van der Waals surface area contributed by atoms with E-state index in [0.29, 0.717) is 24.2 Å². The van der Waals surface area contributed by atoms with Crippen LogP contribution in [0, 0.1) is 34.0 Å². The molecule has 6 nitrogen and oxygen atoms in total. The molecule has 0 spiro atoms. The molecule has 0 bridgehead atoms. The second-order valence-electron chi connectivity index (χ2n) is 14.4. The van der Waals surface area contributed by atoms with E-state index in [1.807, 2.05) is 20.8 Å². The lowest BCUT2D eigenvalue weighted by atomic mass is 9.48. The van der Waals surface area contributed by atoms with Gasteiger partial charge in [0, 0.05) is 11.8 Å². The van der Waals surface area contributed by atoms with Crippen LogP contribution in [-0.4, -0.2) is 46.6 Å². The van der Waals surface area contributed by atoms with E-state index in [2.05, 4.69) is 13.8 Å². The molecule has 4 fully saturated rings. The first-order valence-electron chi connectivity index (χ1n) is 15.4. The topological polar surface area (TPSA) is 93.1 Å². The van der Waals surface area contributed by atoms with Crippen LogP contribution < -0.4 is 0 Å². The normalized spacial score (nSPS) is 43.1. The average molecular weight is 531 g/mol. The van der Waals surface area contributed by atoms with Crippen LogP contribution in [0.25, 0.3) is 0 Å². The fraction of sp³-hybridized carbons (Fsp3) is 0.875. The monoisotopic (exact) mass is 530 g/mol. The first-order valence-corrected chi connectivity index (χ1v) is 15.4. The number of esters is 2. The minimum Gasteiger partial charge on any atom is -0.462 e. The van der Waals surface area contributed by atoms with Crippen molar-refractivity contribution in [2.75, 3.05) is 0 Å². The third-order valence-electron chi connectivity index (χ3n) is 12.0. The highest BCUT2D eigenvalue weighted by atomic mass is 16.6. The van der Waals surface area contributed by atoms with E-state index in [4.69, 9.17) is 9.47 Å². The van der Waals surface area contributed by atoms with E-state index in [-0.39, 0.29) is 47.5 Å². The first-order chi connectivity index (χ1) is 17.9. The van der Waals surface area contributed by atoms with Gasteiger partial charge in [-0.2, -0.15) is 0 Å². The molecule has 1 saturated heterocycles. The fourth-order valence-corrected chi connectivity index (χ4v) is 9.01. The molecule has 9 atom stereocenters.